The molecule has 1 aromatic heterocycles. The van der Waals surface area contributed by atoms with Gasteiger partial charge < -0.3 is 15.4 Å². The molecule has 0 radical (unpaired) electrons. The number of benzene rings is 1. The number of pyridine rings is 1. The van der Waals surface area contributed by atoms with Crippen LogP contribution in [-0.4, -0.2) is 24.0 Å². The lowest BCUT2D eigenvalue weighted by atomic mass is 9.85. The first-order chi connectivity index (χ1) is 13.1. The molecule has 5 nitrogen and oxygen atoms in total. The number of rotatable bonds is 7. The van der Waals surface area contributed by atoms with Gasteiger partial charge in [0, 0.05) is 30.1 Å². The Morgan fingerprint density at radius 1 is 1.38 bits per heavy atom. The first kappa shape index (κ1) is 25.5. The number of amides is 1. The number of ether oxygens (including phenoxy) is 1. The molecule has 29 heavy (non-hydrogen) atoms. The molecule has 1 saturated heterocycles. The molecule has 0 bridgehead atoms. The second-order valence-corrected chi connectivity index (χ2v) is 7.54. The molecule has 2 aromatic rings. The van der Waals surface area contributed by atoms with Crippen molar-refractivity contribution in [3.63, 3.8) is 0 Å². The van der Waals surface area contributed by atoms with Gasteiger partial charge in [-0.1, -0.05) is 24.6 Å². The quantitative estimate of drug-likeness (QED) is 0.602. The Morgan fingerprint density at radius 3 is 2.86 bits per heavy atom. The van der Waals surface area contributed by atoms with Gasteiger partial charge in [-0.3, -0.25) is 9.78 Å². The van der Waals surface area contributed by atoms with Gasteiger partial charge in [0.1, 0.15) is 12.4 Å². The van der Waals surface area contributed by atoms with Crippen LogP contribution in [0.2, 0.25) is 5.02 Å². The summed E-state index contributed by atoms with van der Waals surface area (Å²) in [4.78, 5) is 16.4. The molecule has 1 aliphatic heterocycles. The maximum Gasteiger partial charge on any atom is 0.224 e. The van der Waals surface area contributed by atoms with E-state index in [1.165, 1.54) is 12.8 Å². The van der Waals surface area contributed by atoms with Crippen LogP contribution in [0.3, 0.4) is 0 Å². The summed E-state index contributed by atoms with van der Waals surface area (Å²) in [6.45, 7) is 4.64. The Morgan fingerprint density at radius 2 is 2.21 bits per heavy atom. The van der Waals surface area contributed by atoms with E-state index >= 15 is 0 Å². The number of hydrogen-bond acceptors (Lipinski definition) is 4. The smallest absolute Gasteiger partial charge is 0.224 e. The largest absolute Gasteiger partial charge is 0.487 e. The van der Waals surface area contributed by atoms with Gasteiger partial charge in [0.05, 0.1) is 5.02 Å². The van der Waals surface area contributed by atoms with E-state index in [9.17, 15) is 4.79 Å². The molecule has 0 spiro atoms. The molecule has 8 heteroatoms. The first-order valence-electron chi connectivity index (χ1n) is 9.43. The van der Waals surface area contributed by atoms with Crippen molar-refractivity contribution in [3.05, 3.63) is 53.3 Å². The van der Waals surface area contributed by atoms with Gasteiger partial charge in [-0.05, 0) is 62.0 Å². The average Bonchev–Trinajstić information content (AvgIpc) is 2.68. The van der Waals surface area contributed by atoms with Gasteiger partial charge in [-0.25, -0.2) is 0 Å². The van der Waals surface area contributed by atoms with E-state index in [1.54, 1.807) is 24.5 Å². The van der Waals surface area contributed by atoms with Crippen molar-refractivity contribution >= 4 is 48.0 Å². The van der Waals surface area contributed by atoms with Crippen molar-refractivity contribution < 1.29 is 9.53 Å². The third kappa shape index (κ3) is 8.01. The SMILES string of the molecule is CC(CC(=O)Nc1ccc(OCc2cccnc2)c(Cl)c1)C1CCCNC1.Cl.Cl. The van der Waals surface area contributed by atoms with Crippen molar-refractivity contribution in [1.82, 2.24) is 10.3 Å². The molecule has 1 aromatic carbocycles. The van der Waals surface area contributed by atoms with E-state index in [4.69, 9.17) is 16.3 Å². The molecule has 2 atom stereocenters. The summed E-state index contributed by atoms with van der Waals surface area (Å²) in [5, 5.41) is 6.83. The van der Waals surface area contributed by atoms with Gasteiger partial charge in [0.25, 0.3) is 0 Å². The molecule has 2 unspecified atom stereocenters. The van der Waals surface area contributed by atoms with Crippen LogP contribution in [0, 0.1) is 11.8 Å². The number of piperidine rings is 1. The minimum Gasteiger partial charge on any atom is -0.487 e. The Kier molecular flexibility index (Phi) is 11.4. The molecular weight excluding hydrogens is 433 g/mol. The summed E-state index contributed by atoms with van der Waals surface area (Å²) in [6.07, 6.45) is 6.37. The predicted molar refractivity (Wildman–Crippen MR) is 123 cm³/mol. The minimum atomic E-state index is 0. The van der Waals surface area contributed by atoms with Crippen LogP contribution in [0.1, 0.15) is 31.7 Å². The van der Waals surface area contributed by atoms with E-state index in [1.807, 2.05) is 18.2 Å². The summed E-state index contributed by atoms with van der Waals surface area (Å²) >= 11 is 6.31. The summed E-state index contributed by atoms with van der Waals surface area (Å²) in [6, 6.07) is 9.13. The number of carbonyl (C=O) groups is 1. The third-order valence-corrected chi connectivity index (χ3v) is 5.28. The fourth-order valence-corrected chi connectivity index (χ4v) is 3.61. The molecule has 2 heterocycles. The van der Waals surface area contributed by atoms with Crippen molar-refractivity contribution in [2.75, 3.05) is 18.4 Å². The van der Waals surface area contributed by atoms with Crippen LogP contribution in [0.15, 0.2) is 42.7 Å². The van der Waals surface area contributed by atoms with Crippen LogP contribution in [0.25, 0.3) is 0 Å². The number of nitrogens with zero attached hydrogens (tertiary/aromatic N) is 1. The van der Waals surface area contributed by atoms with Crippen LogP contribution >= 0.6 is 36.4 Å². The van der Waals surface area contributed by atoms with Crippen molar-refractivity contribution in [3.8, 4) is 5.75 Å². The van der Waals surface area contributed by atoms with Crippen molar-refractivity contribution in [1.29, 1.82) is 0 Å². The number of carbonyl (C=O) groups excluding carboxylic acids is 1. The maximum atomic E-state index is 12.4. The lowest BCUT2D eigenvalue weighted by molar-refractivity contribution is -0.117. The monoisotopic (exact) mass is 459 g/mol. The zero-order chi connectivity index (χ0) is 19.1. The molecule has 1 aliphatic rings. The Bertz CT molecular complexity index is 756. The Balaban J connectivity index is 0.00000210. The molecule has 2 N–H and O–H groups in total. The molecule has 1 fully saturated rings. The second-order valence-electron chi connectivity index (χ2n) is 7.13. The van der Waals surface area contributed by atoms with Crippen molar-refractivity contribution in [2.45, 2.75) is 32.8 Å². The van der Waals surface area contributed by atoms with Gasteiger partial charge >= 0.3 is 0 Å². The van der Waals surface area contributed by atoms with E-state index in [-0.39, 0.29) is 30.7 Å². The second kappa shape index (κ2) is 12.9. The van der Waals surface area contributed by atoms with E-state index < -0.39 is 0 Å². The number of aromatic nitrogens is 1. The predicted octanol–water partition coefficient (Wildman–Crippen LogP) is 5.12. The fraction of sp³-hybridized carbons (Fsp3) is 0.429. The number of nitrogens with one attached hydrogen (secondary N) is 2. The highest BCUT2D eigenvalue weighted by Gasteiger charge is 2.22. The van der Waals surface area contributed by atoms with Gasteiger partial charge in [0.15, 0.2) is 0 Å². The zero-order valence-electron chi connectivity index (χ0n) is 16.4. The zero-order valence-corrected chi connectivity index (χ0v) is 18.8. The lowest BCUT2D eigenvalue weighted by Gasteiger charge is -2.28. The molecular formula is C21H28Cl3N3O2. The Hall–Kier alpha value is -1.53. The summed E-state index contributed by atoms with van der Waals surface area (Å²) < 4.78 is 5.74. The normalized spacial score (nSPS) is 16.7. The lowest BCUT2D eigenvalue weighted by Crippen LogP contribution is -2.34. The minimum absolute atomic E-state index is 0. The first-order valence-corrected chi connectivity index (χ1v) is 9.81. The topological polar surface area (TPSA) is 63.2 Å². The molecule has 160 valence electrons. The molecule has 0 saturated carbocycles. The van der Waals surface area contributed by atoms with Crippen LogP contribution in [0.5, 0.6) is 5.75 Å². The van der Waals surface area contributed by atoms with Crippen LogP contribution in [-0.2, 0) is 11.4 Å². The van der Waals surface area contributed by atoms with E-state index in [0.717, 1.165) is 18.7 Å². The summed E-state index contributed by atoms with van der Waals surface area (Å²) in [5.41, 5.74) is 1.66. The van der Waals surface area contributed by atoms with Crippen LogP contribution in [0.4, 0.5) is 5.69 Å². The fourth-order valence-electron chi connectivity index (χ4n) is 3.38. The van der Waals surface area contributed by atoms with Gasteiger partial charge in [-0.15, -0.1) is 24.8 Å². The number of hydrogen-bond donors (Lipinski definition) is 2. The Labute approximate surface area is 189 Å². The standard InChI is InChI=1S/C21H26ClN3O2.2ClH/c1-15(17-5-3-9-24-13-17)10-21(26)25-18-6-7-20(19(22)11-18)27-14-16-4-2-8-23-12-16;;/h2,4,6-8,11-12,15,17,24H,3,5,9-10,13-14H2,1H3,(H,25,26);2*1H. The van der Waals surface area contributed by atoms with Crippen molar-refractivity contribution in [2.24, 2.45) is 11.8 Å². The average molecular weight is 461 g/mol. The summed E-state index contributed by atoms with van der Waals surface area (Å²) in [5.74, 6) is 1.53. The maximum absolute atomic E-state index is 12.4. The highest BCUT2D eigenvalue weighted by atomic mass is 35.5. The number of halogens is 3. The molecule has 0 aliphatic carbocycles. The van der Waals surface area contributed by atoms with Gasteiger partial charge in [0.2, 0.25) is 5.91 Å². The van der Waals surface area contributed by atoms with E-state index in [2.05, 4.69) is 22.5 Å². The summed E-state index contributed by atoms with van der Waals surface area (Å²) in [7, 11) is 0. The van der Waals surface area contributed by atoms with E-state index in [0.29, 0.717) is 41.3 Å². The molecule has 1 amide bonds. The van der Waals surface area contributed by atoms with Crippen LogP contribution < -0.4 is 15.4 Å². The number of anilines is 1. The highest BCUT2D eigenvalue weighted by molar-refractivity contribution is 6.32. The van der Waals surface area contributed by atoms with Gasteiger partial charge in [-0.2, -0.15) is 0 Å². The molecule has 3 rings (SSSR count). The highest BCUT2D eigenvalue weighted by Crippen LogP contribution is 2.29. The third-order valence-electron chi connectivity index (χ3n) is 4.98.